The maximum absolute atomic E-state index is 12.3. The van der Waals surface area contributed by atoms with Gasteiger partial charge in [-0.25, -0.2) is 0 Å². The largest absolute Gasteiger partial charge is 0.481 e. The van der Waals surface area contributed by atoms with E-state index in [0.717, 1.165) is 32.1 Å². The van der Waals surface area contributed by atoms with Crippen LogP contribution in [0, 0.1) is 0 Å². The molecule has 0 spiro atoms. The van der Waals surface area contributed by atoms with Gasteiger partial charge in [-0.2, -0.15) is 0 Å². The van der Waals surface area contributed by atoms with Crippen molar-refractivity contribution in [3.8, 4) is 0 Å². The standard InChI is InChI=1S/C33H64O4/c1-3-5-7-9-11-13-15-17-19-21-23-25-27-31(29-30-32(34)35)37-33(36)28-26-24-22-20-18-16-14-12-10-8-6-4-2/h31H,3-30H2,1-2H3,(H,34,35). The summed E-state index contributed by atoms with van der Waals surface area (Å²) in [5.74, 6) is -0.946. The van der Waals surface area contributed by atoms with Gasteiger partial charge in [0.05, 0.1) is 0 Å². The van der Waals surface area contributed by atoms with E-state index in [1.807, 2.05) is 0 Å². The summed E-state index contributed by atoms with van der Waals surface area (Å²) >= 11 is 0. The molecule has 0 saturated carbocycles. The molecule has 1 unspecified atom stereocenters. The van der Waals surface area contributed by atoms with Crippen LogP contribution in [-0.2, 0) is 14.3 Å². The maximum Gasteiger partial charge on any atom is 0.306 e. The second-order valence-electron chi connectivity index (χ2n) is 11.4. The number of carboxylic acid groups (broad SMARTS) is 1. The zero-order valence-electron chi connectivity index (χ0n) is 25.0. The Morgan fingerprint density at radius 1 is 0.486 bits per heavy atom. The van der Waals surface area contributed by atoms with Crippen molar-refractivity contribution in [2.45, 2.75) is 200 Å². The van der Waals surface area contributed by atoms with Gasteiger partial charge in [0, 0.05) is 12.8 Å². The van der Waals surface area contributed by atoms with E-state index in [1.54, 1.807) is 0 Å². The Kier molecular flexibility index (Phi) is 28.7. The van der Waals surface area contributed by atoms with E-state index in [4.69, 9.17) is 9.84 Å². The molecular formula is C33H64O4. The van der Waals surface area contributed by atoms with Crippen molar-refractivity contribution in [2.75, 3.05) is 0 Å². The van der Waals surface area contributed by atoms with Gasteiger partial charge in [-0.05, 0) is 25.7 Å². The number of hydrogen-bond acceptors (Lipinski definition) is 3. The van der Waals surface area contributed by atoms with Crippen LogP contribution in [0.3, 0.4) is 0 Å². The Morgan fingerprint density at radius 3 is 1.22 bits per heavy atom. The van der Waals surface area contributed by atoms with Crippen LogP contribution in [0.25, 0.3) is 0 Å². The zero-order valence-corrected chi connectivity index (χ0v) is 25.0. The van der Waals surface area contributed by atoms with Gasteiger partial charge >= 0.3 is 11.9 Å². The summed E-state index contributed by atoms with van der Waals surface area (Å²) in [5, 5.41) is 9.05. The fraction of sp³-hybridized carbons (Fsp3) is 0.939. The molecule has 0 aromatic carbocycles. The van der Waals surface area contributed by atoms with Crippen molar-refractivity contribution in [1.29, 1.82) is 0 Å². The summed E-state index contributed by atoms with van der Waals surface area (Å²) in [5.41, 5.74) is 0. The zero-order chi connectivity index (χ0) is 27.2. The maximum atomic E-state index is 12.3. The summed E-state index contributed by atoms with van der Waals surface area (Å²) in [7, 11) is 0. The first-order chi connectivity index (χ1) is 18.1. The van der Waals surface area contributed by atoms with Gasteiger partial charge in [0.1, 0.15) is 6.10 Å². The summed E-state index contributed by atoms with van der Waals surface area (Å²) in [6.45, 7) is 4.52. The molecule has 0 aliphatic carbocycles. The number of carbonyl (C=O) groups is 2. The molecule has 4 heteroatoms. The van der Waals surface area contributed by atoms with Crippen molar-refractivity contribution in [1.82, 2.24) is 0 Å². The summed E-state index contributed by atoms with van der Waals surface area (Å²) in [4.78, 5) is 23.4. The van der Waals surface area contributed by atoms with Crippen LogP contribution in [0.2, 0.25) is 0 Å². The Labute approximate surface area is 231 Å². The molecule has 0 heterocycles. The molecule has 0 aromatic rings. The van der Waals surface area contributed by atoms with E-state index in [0.29, 0.717) is 12.8 Å². The molecule has 0 bridgehead atoms. The number of unbranched alkanes of at least 4 members (excludes halogenated alkanes) is 22. The van der Waals surface area contributed by atoms with Gasteiger partial charge in [0.2, 0.25) is 0 Å². The fourth-order valence-corrected chi connectivity index (χ4v) is 5.11. The van der Waals surface area contributed by atoms with Crippen LogP contribution in [-0.4, -0.2) is 23.1 Å². The molecule has 0 aliphatic rings. The molecule has 0 aliphatic heterocycles. The lowest BCUT2D eigenvalue weighted by atomic mass is 10.0. The summed E-state index contributed by atoms with van der Waals surface area (Å²) in [6.07, 6.45) is 32.5. The first kappa shape index (κ1) is 35.9. The number of aliphatic carboxylic acids is 1. The number of ether oxygens (including phenoxy) is 1. The third-order valence-electron chi connectivity index (χ3n) is 7.59. The molecule has 1 atom stereocenters. The lowest BCUT2D eigenvalue weighted by molar-refractivity contribution is -0.151. The van der Waals surface area contributed by atoms with E-state index in [1.165, 1.54) is 128 Å². The number of rotatable bonds is 30. The Balaban J connectivity index is 3.76. The predicted octanol–water partition coefficient (Wildman–Crippen LogP) is 10.9. The van der Waals surface area contributed by atoms with E-state index >= 15 is 0 Å². The van der Waals surface area contributed by atoms with Gasteiger partial charge in [-0.1, -0.05) is 155 Å². The minimum Gasteiger partial charge on any atom is -0.481 e. The quantitative estimate of drug-likeness (QED) is 0.0749. The molecule has 0 rings (SSSR count). The first-order valence-electron chi connectivity index (χ1n) is 16.5. The van der Waals surface area contributed by atoms with Gasteiger partial charge in [0.15, 0.2) is 0 Å². The minimum absolute atomic E-state index is 0.0782. The van der Waals surface area contributed by atoms with Crippen molar-refractivity contribution >= 4 is 11.9 Å². The molecule has 220 valence electrons. The minimum atomic E-state index is -0.809. The third kappa shape index (κ3) is 29.4. The lowest BCUT2D eigenvalue weighted by Crippen LogP contribution is -2.19. The molecule has 1 N–H and O–H groups in total. The molecular weight excluding hydrogens is 460 g/mol. The Bertz CT molecular complexity index is 491. The highest BCUT2D eigenvalue weighted by Gasteiger charge is 2.15. The third-order valence-corrected chi connectivity index (χ3v) is 7.59. The van der Waals surface area contributed by atoms with Gasteiger partial charge in [-0.3, -0.25) is 9.59 Å². The van der Waals surface area contributed by atoms with Crippen LogP contribution in [0.4, 0.5) is 0 Å². The molecule has 37 heavy (non-hydrogen) atoms. The van der Waals surface area contributed by atoms with Crippen LogP contribution in [0.5, 0.6) is 0 Å². The Hall–Kier alpha value is -1.06. The number of esters is 1. The number of hydrogen-bond donors (Lipinski definition) is 1. The molecule has 0 amide bonds. The van der Waals surface area contributed by atoms with E-state index in [-0.39, 0.29) is 18.5 Å². The SMILES string of the molecule is CCCCCCCCCCCCCCC(=O)OC(CCCCCCCCCCCCCC)CCC(=O)O. The second-order valence-corrected chi connectivity index (χ2v) is 11.4. The molecule has 0 saturated heterocycles. The van der Waals surface area contributed by atoms with Crippen molar-refractivity contribution < 1.29 is 19.4 Å². The Morgan fingerprint density at radius 2 is 0.838 bits per heavy atom. The summed E-state index contributed by atoms with van der Waals surface area (Å²) in [6, 6.07) is 0. The topological polar surface area (TPSA) is 63.6 Å². The van der Waals surface area contributed by atoms with Gasteiger partial charge in [0.25, 0.3) is 0 Å². The normalized spacial score (nSPS) is 12.1. The molecule has 0 fully saturated rings. The molecule has 0 aromatic heterocycles. The van der Waals surface area contributed by atoms with Crippen LogP contribution >= 0.6 is 0 Å². The number of carbonyl (C=O) groups excluding carboxylic acids is 1. The van der Waals surface area contributed by atoms with Gasteiger partial charge < -0.3 is 9.84 Å². The monoisotopic (exact) mass is 524 g/mol. The van der Waals surface area contributed by atoms with E-state index in [2.05, 4.69) is 13.8 Å². The van der Waals surface area contributed by atoms with Crippen molar-refractivity contribution in [3.05, 3.63) is 0 Å². The highest BCUT2D eigenvalue weighted by molar-refractivity contribution is 5.69. The van der Waals surface area contributed by atoms with E-state index in [9.17, 15) is 9.59 Å². The summed E-state index contributed by atoms with van der Waals surface area (Å²) < 4.78 is 5.70. The highest BCUT2D eigenvalue weighted by atomic mass is 16.5. The van der Waals surface area contributed by atoms with Gasteiger partial charge in [-0.15, -0.1) is 0 Å². The van der Waals surface area contributed by atoms with Crippen molar-refractivity contribution in [2.24, 2.45) is 0 Å². The molecule has 0 radical (unpaired) electrons. The second kappa shape index (κ2) is 29.5. The average molecular weight is 525 g/mol. The average Bonchev–Trinajstić information content (AvgIpc) is 2.88. The fourth-order valence-electron chi connectivity index (χ4n) is 5.11. The van der Waals surface area contributed by atoms with Crippen LogP contribution in [0.15, 0.2) is 0 Å². The van der Waals surface area contributed by atoms with Crippen LogP contribution < -0.4 is 0 Å². The van der Waals surface area contributed by atoms with E-state index < -0.39 is 5.97 Å². The predicted molar refractivity (Wildman–Crippen MR) is 158 cm³/mol. The van der Waals surface area contributed by atoms with Crippen molar-refractivity contribution in [3.63, 3.8) is 0 Å². The molecule has 4 nitrogen and oxygen atoms in total. The highest BCUT2D eigenvalue weighted by Crippen LogP contribution is 2.17. The first-order valence-corrected chi connectivity index (χ1v) is 16.5. The number of carboxylic acids is 1. The lowest BCUT2D eigenvalue weighted by Gasteiger charge is -2.17. The smallest absolute Gasteiger partial charge is 0.306 e. The van der Waals surface area contributed by atoms with Crippen LogP contribution in [0.1, 0.15) is 194 Å².